The molecule has 21 heavy (non-hydrogen) atoms. The molecule has 0 saturated carbocycles. The molecule has 3 N–H and O–H groups in total. The molecule has 0 bridgehead atoms. The highest BCUT2D eigenvalue weighted by atomic mass is 79.9. The molecule has 2 aromatic rings. The van der Waals surface area contributed by atoms with Gasteiger partial charge in [-0.15, -0.1) is 0 Å². The van der Waals surface area contributed by atoms with Crippen molar-refractivity contribution in [1.29, 1.82) is 0 Å². The Bertz CT molecular complexity index is 777. The summed E-state index contributed by atoms with van der Waals surface area (Å²) in [6, 6.07) is 10.5. The van der Waals surface area contributed by atoms with Crippen LogP contribution in [0, 0.1) is 6.92 Å². The summed E-state index contributed by atoms with van der Waals surface area (Å²) in [4.78, 5) is 0.234. The number of anilines is 1. The highest BCUT2D eigenvalue weighted by molar-refractivity contribution is 9.11. The molecular formula is C14H14Br2N2O2S. The monoisotopic (exact) mass is 432 g/mol. The second-order valence-electron chi connectivity index (χ2n) is 4.53. The molecule has 0 aliphatic heterocycles. The molecule has 0 saturated heterocycles. The smallest absolute Gasteiger partial charge is 0.262 e. The van der Waals surface area contributed by atoms with E-state index >= 15 is 0 Å². The molecule has 0 fully saturated rings. The molecule has 112 valence electrons. The quantitative estimate of drug-likeness (QED) is 0.770. The minimum Gasteiger partial charge on any atom is -0.326 e. The van der Waals surface area contributed by atoms with Crippen LogP contribution >= 0.6 is 31.9 Å². The maximum Gasteiger partial charge on any atom is 0.262 e. The van der Waals surface area contributed by atoms with Crippen molar-refractivity contribution in [2.24, 2.45) is 5.73 Å². The van der Waals surface area contributed by atoms with E-state index in [2.05, 4.69) is 36.6 Å². The van der Waals surface area contributed by atoms with E-state index in [9.17, 15) is 8.42 Å². The van der Waals surface area contributed by atoms with Gasteiger partial charge in [0, 0.05) is 15.5 Å². The van der Waals surface area contributed by atoms with Crippen molar-refractivity contribution >= 4 is 47.6 Å². The molecule has 0 heterocycles. The summed E-state index contributed by atoms with van der Waals surface area (Å²) in [5.74, 6) is 0. The standard InChI is InChI=1S/C14H14Br2N2O2S/c1-9-2-3-10(8-17)6-14(9)21(19,20)18-13-7-11(15)4-5-12(13)16/h2-7,18H,8,17H2,1H3. The summed E-state index contributed by atoms with van der Waals surface area (Å²) in [5, 5.41) is 0. The average molecular weight is 434 g/mol. The zero-order valence-corrected chi connectivity index (χ0v) is 15.2. The van der Waals surface area contributed by atoms with Crippen LogP contribution in [0.2, 0.25) is 0 Å². The minimum atomic E-state index is -3.67. The SMILES string of the molecule is Cc1ccc(CN)cc1S(=O)(=O)Nc1cc(Br)ccc1Br. The Morgan fingerprint density at radius 3 is 2.52 bits per heavy atom. The number of aryl methyl sites for hydroxylation is 1. The molecular weight excluding hydrogens is 420 g/mol. The normalized spacial score (nSPS) is 11.4. The van der Waals surface area contributed by atoms with Gasteiger partial charge in [-0.05, 0) is 58.2 Å². The number of nitrogens with two attached hydrogens (primary N) is 1. The Balaban J connectivity index is 2.45. The molecule has 0 unspecified atom stereocenters. The van der Waals surface area contributed by atoms with Crippen LogP contribution in [-0.4, -0.2) is 8.42 Å². The number of nitrogens with one attached hydrogen (secondary N) is 1. The van der Waals surface area contributed by atoms with Gasteiger partial charge in [0.25, 0.3) is 10.0 Å². The van der Waals surface area contributed by atoms with Crippen LogP contribution in [0.4, 0.5) is 5.69 Å². The van der Waals surface area contributed by atoms with Gasteiger partial charge in [-0.25, -0.2) is 8.42 Å². The average Bonchev–Trinajstić information content (AvgIpc) is 2.43. The van der Waals surface area contributed by atoms with Crippen LogP contribution in [-0.2, 0) is 16.6 Å². The Hall–Kier alpha value is -0.890. The van der Waals surface area contributed by atoms with E-state index in [1.165, 1.54) is 0 Å². The second-order valence-corrected chi connectivity index (χ2v) is 7.95. The van der Waals surface area contributed by atoms with Gasteiger partial charge in [-0.2, -0.15) is 0 Å². The van der Waals surface area contributed by atoms with Gasteiger partial charge in [-0.1, -0.05) is 28.1 Å². The number of halogens is 2. The third-order valence-corrected chi connectivity index (χ3v) is 5.64. The Kier molecular flexibility index (Phi) is 5.08. The first-order valence-corrected chi connectivity index (χ1v) is 9.18. The maximum absolute atomic E-state index is 12.6. The minimum absolute atomic E-state index is 0.234. The molecule has 2 rings (SSSR count). The zero-order chi connectivity index (χ0) is 15.6. The van der Waals surface area contributed by atoms with Gasteiger partial charge >= 0.3 is 0 Å². The van der Waals surface area contributed by atoms with E-state index in [0.717, 1.165) is 10.0 Å². The molecule has 0 aromatic heterocycles. The second kappa shape index (κ2) is 6.48. The van der Waals surface area contributed by atoms with Crippen LogP contribution in [0.25, 0.3) is 0 Å². The topological polar surface area (TPSA) is 72.2 Å². The third kappa shape index (κ3) is 3.85. The van der Waals surface area contributed by atoms with Crippen LogP contribution in [0.3, 0.4) is 0 Å². The summed E-state index contributed by atoms with van der Waals surface area (Å²) in [6.07, 6.45) is 0. The maximum atomic E-state index is 12.6. The van der Waals surface area contributed by atoms with Gasteiger partial charge in [0.2, 0.25) is 0 Å². The fraction of sp³-hybridized carbons (Fsp3) is 0.143. The zero-order valence-electron chi connectivity index (χ0n) is 11.2. The van der Waals surface area contributed by atoms with E-state index in [1.807, 2.05) is 12.1 Å². The van der Waals surface area contributed by atoms with E-state index in [4.69, 9.17) is 5.73 Å². The van der Waals surface area contributed by atoms with Crippen molar-refractivity contribution in [3.05, 3.63) is 56.5 Å². The summed E-state index contributed by atoms with van der Waals surface area (Å²) in [6.45, 7) is 2.05. The summed E-state index contributed by atoms with van der Waals surface area (Å²) >= 11 is 6.66. The lowest BCUT2D eigenvalue weighted by atomic mass is 10.1. The van der Waals surface area contributed by atoms with Crippen molar-refractivity contribution in [3.8, 4) is 0 Å². The fourth-order valence-corrected chi connectivity index (χ4v) is 4.04. The fourth-order valence-electron chi connectivity index (χ4n) is 1.84. The number of rotatable bonds is 4. The Labute approximate surface area is 141 Å². The van der Waals surface area contributed by atoms with Crippen LogP contribution < -0.4 is 10.5 Å². The molecule has 0 spiro atoms. The van der Waals surface area contributed by atoms with Crippen molar-refractivity contribution in [1.82, 2.24) is 0 Å². The summed E-state index contributed by atoms with van der Waals surface area (Å²) < 4.78 is 29.2. The van der Waals surface area contributed by atoms with E-state index in [0.29, 0.717) is 22.3 Å². The van der Waals surface area contributed by atoms with Crippen LogP contribution in [0.5, 0.6) is 0 Å². The third-order valence-electron chi connectivity index (χ3n) is 2.95. The van der Waals surface area contributed by atoms with Gasteiger partial charge < -0.3 is 5.73 Å². The first-order valence-electron chi connectivity index (χ1n) is 6.11. The van der Waals surface area contributed by atoms with Gasteiger partial charge in [0.05, 0.1) is 10.6 Å². The van der Waals surface area contributed by atoms with E-state index in [1.54, 1.807) is 31.2 Å². The largest absolute Gasteiger partial charge is 0.326 e. The van der Waals surface area contributed by atoms with E-state index in [-0.39, 0.29) is 4.90 Å². The van der Waals surface area contributed by atoms with E-state index < -0.39 is 10.0 Å². The molecule has 0 radical (unpaired) electrons. The van der Waals surface area contributed by atoms with Crippen molar-refractivity contribution in [2.75, 3.05) is 4.72 Å². The van der Waals surface area contributed by atoms with Crippen molar-refractivity contribution in [3.63, 3.8) is 0 Å². The molecule has 2 aromatic carbocycles. The molecule has 0 atom stereocenters. The predicted octanol–water partition coefficient (Wildman–Crippen LogP) is 3.78. The van der Waals surface area contributed by atoms with Crippen LogP contribution in [0.1, 0.15) is 11.1 Å². The van der Waals surface area contributed by atoms with Gasteiger partial charge in [0.1, 0.15) is 0 Å². The highest BCUT2D eigenvalue weighted by Gasteiger charge is 2.18. The number of hydrogen-bond acceptors (Lipinski definition) is 3. The lowest BCUT2D eigenvalue weighted by Gasteiger charge is -2.13. The number of hydrogen-bond donors (Lipinski definition) is 2. The Morgan fingerprint density at radius 2 is 1.86 bits per heavy atom. The van der Waals surface area contributed by atoms with Crippen molar-refractivity contribution < 1.29 is 8.42 Å². The highest BCUT2D eigenvalue weighted by Crippen LogP contribution is 2.29. The number of benzene rings is 2. The lowest BCUT2D eigenvalue weighted by molar-refractivity contribution is 0.600. The molecule has 4 nitrogen and oxygen atoms in total. The lowest BCUT2D eigenvalue weighted by Crippen LogP contribution is -2.15. The predicted molar refractivity (Wildman–Crippen MR) is 91.7 cm³/mol. The number of sulfonamides is 1. The molecule has 0 amide bonds. The van der Waals surface area contributed by atoms with Crippen LogP contribution in [0.15, 0.2) is 50.2 Å². The Morgan fingerprint density at radius 1 is 1.14 bits per heavy atom. The van der Waals surface area contributed by atoms with Crippen molar-refractivity contribution in [2.45, 2.75) is 18.4 Å². The first-order chi connectivity index (χ1) is 9.83. The first kappa shape index (κ1) is 16.5. The van der Waals surface area contributed by atoms with Gasteiger partial charge in [0.15, 0.2) is 0 Å². The molecule has 7 heteroatoms. The summed E-state index contributed by atoms with van der Waals surface area (Å²) in [7, 11) is -3.67. The molecule has 0 aliphatic rings. The molecule has 0 aliphatic carbocycles. The van der Waals surface area contributed by atoms with Gasteiger partial charge in [-0.3, -0.25) is 4.72 Å². The summed E-state index contributed by atoms with van der Waals surface area (Å²) in [5.41, 5.74) is 7.50.